The maximum absolute atomic E-state index is 13.2. The number of amides is 1. The van der Waals surface area contributed by atoms with E-state index in [-0.39, 0.29) is 11.8 Å². The molecule has 1 amide bonds. The van der Waals surface area contributed by atoms with E-state index in [9.17, 15) is 4.79 Å². The molecule has 4 aromatic rings. The molecule has 1 fully saturated rings. The first-order valence-corrected chi connectivity index (χ1v) is 10.9. The molecule has 1 aliphatic heterocycles. The molecule has 31 heavy (non-hydrogen) atoms. The predicted octanol–water partition coefficient (Wildman–Crippen LogP) is 4.44. The van der Waals surface area contributed by atoms with Crippen LogP contribution in [0.1, 0.15) is 51.9 Å². The molecule has 1 aliphatic rings. The Bertz CT molecular complexity index is 1190. The summed E-state index contributed by atoms with van der Waals surface area (Å²) in [6.07, 6.45) is 2.04. The quantitative estimate of drug-likeness (QED) is 0.538. The van der Waals surface area contributed by atoms with Crippen molar-refractivity contribution in [3.63, 3.8) is 0 Å². The van der Waals surface area contributed by atoms with Crippen LogP contribution >= 0.6 is 0 Å². The minimum Gasteiger partial charge on any atom is -0.342 e. The average Bonchev–Trinajstić information content (AvgIpc) is 3.36. The Morgan fingerprint density at radius 1 is 1.13 bits per heavy atom. The lowest BCUT2D eigenvalue weighted by molar-refractivity contribution is 0.0705. The molecule has 1 unspecified atom stereocenters. The number of imidazole rings is 1. The zero-order valence-corrected chi connectivity index (χ0v) is 18.0. The third-order valence-electron chi connectivity index (χ3n) is 6.14. The van der Waals surface area contributed by atoms with Crippen molar-refractivity contribution in [2.24, 2.45) is 0 Å². The zero-order valence-electron chi connectivity index (χ0n) is 18.0. The molecule has 1 atom stereocenters. The van der Waals surface area contributed by atoms with Crippen molar-refractivity contribution < 1.29 is 4.79 Å². The Kier molecular flexibility index (Phi) is 5.06. The van der Waals surface area contributed by atoms with Gasteiger partial charge in [0.1, 0.15) is 5.82 Å². The molecular weight excluding hydrogens is 386 g/mol. The van der Waals surface area contributed by atoms with Crippen molar-refractivity contribution in [3.8, 4) is 0 Å². The summed E-state index contributed by atoms with van der Waals surface area (Å²) in [7, 11) is 0. The first-order chi connectivity index (χ1) is 15.1. The highest BCUT2D eigenvalue weighted by molar-refractivity contribution is 5.94. The highest BCUT2D eigenvalue weighted by Gasteiger charge is 2.27. The number of benzene rings is 2. The highest BCUT2D eigenvalue weighted by atomic mass is 16.2. The standard InChI is InChI=1S/C25H27N5O/c1-17-14-18(2)30(28-17)15-19-9-11-20(12-10-19)25(31)29-13-5-6-21(16-29)24-26-22-7-3-4-8-23(22)27-24/h3-4,7-12,14,21H,5-6,13,15-16H2,1-2H3,(H,26,27). The second-order valence-corrected chi connectivity index (χ2v) is 8.51. The number of hydrogen-bond acceptors (Lipinski definition) is 3. The van der Waals surface area contributed by atoms with Gasteiger partial charge in [-0.25, -0.2) is 4.98 Å². The van der Waals surface area contributed by atoms with Gasteiger partial charge >= 0.3 is 0 Å². The van der Waals surface area contributed by atoms with E-state index in [1.807, 2.05) is 65.0 Å². The number of aryl methyl sites for hydroxylation is 2. The van der Waals surface area contributed by atoms with Crippen molar-refractivity contribution in [2.45, 2.75) is 39.2 Å². The smallest absolute Gasteiger partial charge is 0.253 e. The molecule has 0 bridgehead atoms. The van der Waals surface area contributed by atoms with E-state index in [4.69, 9.17) is 4.98 Å². The molecular formula is C25H27N5O. The molecule has 2 aromatic carbocycles. The van der Waals surface area contributed by atoms with Crippen LogP contribution in [-0.4, -0.2) is 43.6 Å². The number of likely N-dealkylation sites (tertiary alicyclic amines) is 1. The maximum atomic E-state index is 13.2. The summed E-state index contributed by atoms with van der Waals surface area (Å²) >= 11 is 0. The molecule has 158 valence electrons. The van der Waals surface area contributed by atoms with E-state index in [0.29, 0.717) is 13.1 Å². The number of fused-ring (bicyclic) bond motifs is 1. The summed E-state index contributed by atoms with van der Waals surface area (Å²) < 4.78 is 1.99. The monoisotopic (exact) mass is 413 g/mol. The number of aromatic amines is 1. The summed E-state index contributed by atoms with van der Waals surface area (Å²) in [6.45, 7) is 6.27. The fraction of sp³-hybridized carbons (Fsp3) is 0.320. The van der Waals surface area contributed by atoms with Gasteiger partial charge in [0.15, 0.2) is 0 Å². The van der Waals surface area contributed by atoms with Crippen molar-refractivity contribution in [3.05, 3.63) is 82.9 Å². The largest absolute Gasteiger partial charge is 0.342 e. The number of piperidine rings is 1. The molecule has 0 aliphatic carbocycles. The molecule has 2 aromatic heterocycles. The number of carbonyl (C=O) groups excluding carboxylic acids is 1. The molecule has 3 heterocycles. The number of H-pyrrole nitrogens is 1. The highest BCUT2D eigenvalue weighted by Crippen LogP contribution is 2.27. The Morgan fingerprint density at radius 3 is 2.68 bits per heavy atom. The van der Waals surface area contributed by atoms with Gasteiger partial charge in [0.25, 0.3) is 5.91 Å². The predicted molar refractivity (Wildman–Crippen MR) is 121 cm³/mol. The Labute approximate surface area is 181 Å². The molecule has 0 spiro atoms. The first-order valence-electron chi connectivity index (χ1n) is 10.9. The second kappa shape index (κ2) is 8.02. The van der Waals surface area contributed by atoms with Crippen LogP contribution in [0.3, 0.4) is 0 Å². The van der Waals surface area contributed by atoms with Crippen LogP contribution in [-0.2, 0) is 6.54 Å². The summed E-state index contributed by atoms with van der Waals surface area (Å²) in [4.78, 5) is 23.3. The number of carbonyl (C=O) groups is 1. The lowest BCUT2D eigenvalue weighted by atomic mass is 9.96. The van der Waals surface area contributed by atoms with Crippen LogP contribution in [0.5, 0.6) is 0 Å². The second-order valence-electron chi connectivity index (χ2n) is 8.51. The summed E-state index contributed by atoms with van der Waals surface area (Å²) in [5.41, 5.74) is 6.08. The fourth-order valence-electron chi connectivity index (χ4n) is 4.49. The minimum absolute atomic E-state index is 0.0958. The third-order valence-corrected chi connectivity index (χ3v) is 6.14. The number of nitrogens with one attached hydrogen (secondary N) is 1. The molecule has 6 nitrogen and oxygen atoms in total. The number of rotatable bonds is 4. The van der Waals surface area contributed by atoms with E-state index in [2.05, 4.69) is 23.1 Å². The molecule has 0 radical (unpaired) electrons. The van der Waals surface area contributed by atoms with E-state index in [1.165, 1.54) is 0 Å². The van der Waals surface area contributed by atoms with E-state index in [1.54, 1.807) is 0 Å². The number of aromatic nitrogens is 4. The number of para-hydroxylation sites is 2. The Hall–Kier alpha value is -3.41. The maximum Gasteiger partial charge on any atom is 0.253 e. The lowest BCUT2D eigenvalue weighted by Gasteiger charge is -2.32. The van der Waals surface area contributed by atoms with Gasteiger partial charge in [0.05, 0.1) is 23.3 Å². The van der Waals surface area contributed by atoms with Crippen LogP contribution in [0.25, 0.3) is 11.0 Å². The van der Waals surface area contributed by atoms with Gasteiger partial charge in [0, 0.05) is 30.3 Å². The third kappa shape index (κ3) is 3.98. The molecule has 0 saturated carbocycles. The van der Waals surface area contributed by atoms with Gasteiger partial charge in [-0.1, -0.05) is 24.3 Å². The van der Waals surface area contributed by atoms with Crippen molar-refractivity contribution in [2.75, 3.05) is 13.1 Å². The van der Waals surface area contributed by atoms with Gasteiger partial charge in [-0.2, -0.15) is 5.10 Å². The summed E-state index contributed by atoms with van der Waals surface area (Å²) in [5.74, 6) is 1.33. The lowest BCUT2D eigenvalue weighted by Crippen LogP contribution is -2.39. The number of nitrogens with zero attached hydrogens (tertiary/aromatic N) is 4. The van der Waals surface area contributed by atoms with Gasteiger partial charge in [-0.05, 0) is 62.6 Å². The topological polar surface area (TPSA) is 66.8 Å². The minimum atomic E-state index is 0.0958. The van der Waals surface area contributed by atoms with Crippen LogP contribution in [0.2, 0.25) is 0 Å². The van der Waals surface area contributed by atoms with E-state index < -0.39 is 0 Å². The molecule has 5 rings (SSSR count). The van der Waals surface area contributed by atoms with Crippen molar-refractivity contribution in [1.29, 1.82) is 0 Å². The summed E-state index contributed by atoms with van der Waals surface area (Å²) in [6, 6.07) is 18.1. The Balaban J connectivity index is 1.28. The first kappa shape index (κ1) is 19.5. The van der Waals surface area contributed by atoms with Gasteiger partial charge in [-0.3, -0.25) is 9.48 Å². The average molecular weight is 414 g/mol. The number of hydrogen-bond donors (Lipinski definition) is 1. The molecule has 1 saturated heterocycles. The van der Waals surface area contributed by atoms with Crippen LogP contribution in [0.4, 0.5) is 0 Å². The van der Waals surface area contributed by atoms with Crippen molar-refractivity contribution >= 4 is 16.9 Å². The Morgan fingerprint density at radius 2 is 1.94 bits per heavy atom. The fourth-order valence-corrected chi connectivity index (χ4v) is 4.49. The van der Waals surface area contributed by atoms with Gasteiger partial charge in [-0.15, -0.1) is 0 Å². The molecule has 6 heteroatoms. The van der Waals surface area contributed by atoms with E-state index in [0.717, 1.165) is 58.8 Å². The van der Waals surface area contributed by atoms with Crippen molar-refractivity contribution in [1.82, 2.24) is 24.6 Å². The normalized spacial score (nSPS) is 16.7. The van der Waals surface area contributed by atoms with E-state index >= 15 is 0 Å². The van der Waals surface area contributed by atoms with Crippen LogP contribution in [0, 0.1) is 13.8 Å². The summed E-state index contributed by atoms with van der Waals surface area (Å²) in [5, 5.41) is 4.52. The molecule has 1 N–H and O–H groups in total. The zero-order chi connectivity index (χ0) is 21.4. The van der Waals surface area contributed by atoms with Gasteiger partial charge in [0.2, 0.25) is 0 Å². The van der Waals surface area contributed by atoms with Crippen LogP contribution < -0.4 is 0 Å². The SMILES string of the molecule is Cc1cc(C)n(Cc2ccc(C(=O)N3CCCC(c4nc5ccccc5[nH]4)C3)cc2)n1. The van der Waals surface area contributed by atoms with Crippen LogP contribution in [0.15, 0.2) is 54.6 Å². The van der Waals surface area contributed by atoms with Gasteiger partial charge < -0.3 is 9.88 Å².